The van der Waals surface area contributed by atoms with E-state index in [0.717, 1.165) is 17.0 Å². The predicted octanol–water partition coefficient (Wildman–Crippen LogP) is 3.07. The van der Waals surface area contributed by atoms with Gasteiger partial charge >= 0.3 is 0 Å². The van der Waals surface area contributed by atoms with Gasteiger partial charge < -0.3 is 30.6 Å². The van der Waals surface area contributed by atoms with Crippen molar-refractivity contribution < 1.29 is 34.1 Å². The molecule has 1 aromatic heterocycles. The summed E-state index contributed by atoms with van der Waals surface area (Å²) in [6.07, 6.45) is 1.16. The summed E-state index contributed by atoms with van der Waals surface area (Å²) in [7, 11) is 0. The first-order valence-corrected chi connectivity index (χ1v) is 12.4. The number of amides is 1. The zero-order valence-electron chi connectivity index (χ0n) is 21.8. The fourth-order valence-electron chi connectivity index (χ4n) is 5.17. The zero-order chi connectivity index (χ0) is 28.2. The van der Waals surface area contributed by atoms with Gasteiger partial charge in [0.1, 0.15) is 39.7 Å². The standard InChI is InChI=1S/C29H27N3O7/c1-13-24(35)22(15(3)33)26-23(25(13)36)29(4)20(39-26)12-19(34)21(27(29)37)14(2)30-9-10-31-28(38)18-11-16-7-5-6-8-17(16)32-18/h5-8,11-12,30,32,35-36H,9-10H2,1-4H3,(H,31,38)/b21-14+/t29-/m0/s1. The molecule has 1 aliphatic heterocycles. The molecule has 1 amide bonds. The Hall–Kier alpha value is -4.86. The average Bonchev–Trinajstić information content (AvgIpc) is 3.45. The van der Waals surface area contributed by atoms with Crippen molar-refractivity contribution >= 4 is 34.2 Å². The molecule has 1 aliphatic carbocycles. The number of aromatic amines is 1. The molecule has 1 atom stereocenters. The molecule has 0 unspecified atom stereocenters. The predicted molar refractivity (Wildman–Crippen MR) is 142 cm³/mol. The minimum Gasteiger partial charge on any atom is -0.507 e. The summed E-state index contributed by atoms with van der Waals surface area (Å²) >= 11 is 0. The van der Waals surface area contributed by atoms with Crippen LogP contribution in [0, 0.1) is 6.92 Å². The van der Waals surface area contributed by atoms with Crippen LogP contribution in [0.5, 0.6) is 17.2 Å². The van der Waals surface area contributed by atoms with Crippen molar-refractivity contribution in [1.29, 1.82) is 0 Å². The number of para-hydroxylation sites is 1. The van der Waals surface area contributed by atoms with Gasteiger partial charge in [-0.15, -0.1) is 0 Å². The molecule has 0 fully saturated rings. The summed E-state index contributed by atoms with van der Waals surface area (Å²) in [5, 5.41) is 28.1. The number of benzene rings is 2. The third-order valence-corrected chi connectivity index (χ3v) is 7.34. The molecular formula is C29H27N3O7. The number of Topliss-reactive ketones (excluding diaryl/α,β-unsaturated/α-hetero) is 2. The van der Waals surface area contributed by atoms with Crippen molar-refractivity contribution in [2.75, 3.05) is 13.1 Å². The molecule has 5 N–H and O–H groups in total. The topological polar surface area (TPSA) is 158 Å². The second-order valence-electron chi connectivity index (χ2n) is 9.84. The van der Waals surface area contributed by atoms with Crippen molar-refractivity contribution in [2.45, 2.75) is 33.1 Å². The highest BCUT2D eigenvalue weighted by Crippen LogP contribution is 2.57. The first-order valence-electron chi connectivity index (χ1n) is 12.4. The van der Waals surface area contributed by atoms with Crippen LogP contribution in [0.2, 0.25) is 0 Å². The maximum Gasteiger partial charge on any atom is 0.267 e. The number of phenolic OH excluding ortho intramolecular Hbond substituents is 2. The number of fused-ring (bicyclic) bond motifs is 4. The highest BCUT2D eigenvalue weighted by Gasteiger charge is 2.56. The van der Waals surface area contributed by atoms with Crippen LogP contribution in [0.1, 0.15) is 52.7 Å². The normalized spacial score (nSPS) is 19.2. The SMILES string of the molecule is CC(=O)c1c(O)c(C)c(O)c2c1OC1=CC(=O)/C(=C(/C)NCCNC(=O)c3cc4ccccc4[nH]3)C(=O)[C@@]12C. The summed E-state index contributed by atoms with van der Waals surface area (Å²) < 4.78 is 5.77. The van der Waals surface area contributed by atoms with E-state index in [9.17, 15) is 29.4 Å². The number of ether oxygens (including phenoxy) is 1. The number of phenols is 2. The minimum atomic E-state index is -1.59. The monoisotopic (exact) mass is 529 g/mol. The van der Waals surface area contributed by atoms with Gasteiger partial charge in [0, 0.05) is 41.3 Å². The summed E-state index contributed by atoms with van der Waals surface area (Å²) in [5.41, 5.74) is -0.267. The van der Waals surface area contributed by atoms with Gasteiger partial charge in [-0.3, -0.25) is 19.2 Å². The first kappa shape index (κ1) is 25.8. The number of aromatic nitrogens is 1. The van der Waals surface area contributed by atoms with E-state index in [-0.39, 0.29) is 64.2 Å². The minimum absolute atomic E-state index is 0.0285. The fraction of sp³-hybridized carbons (Fsp3) is 0.241. The van der Waals surface area contributed by atoms with Crippen LogP contribution in [0.3, 0.4) is 0 Å². The Labute approximate surface area is 223 Å². The zero-order valence-corrected chi connectivity index (χ0v) is 21.8. The second-order valence-corrected chi connectivity index (χ2v) is 9.84. The Bertz CT molecular complexity index is 1640. The number of H-pyrrole nitrogens is 1. The first-order chi connectivity index (χ1) is 18.5. The molecular weight excluding hydrogens is 502 g/mol. The molecule has 10 nitrogen and oxygen atoms in total. The van der Waals surface area contributed by atoms with Crippen LogP contribution in [0.15, 0.2) is 53.4 Å². The highest BCUT2D eigenvalue weighted by atomic mass is 16.5. The number of allylic oxidation sites excluding steroid dienone is 4. The molecule has 5 rings (SSSR count). The Morgan fingerprint density at radius 2 is 1.74 bits per heavy atom. The molecule has 2 aromatic carbocycles. The Morgan fingerprint density at radius 1 is 1.05 bits per heavy atom. The van der Waals surface area contributed by atoms with Gasteiger partial charge in [-0.2, -0.15) is 0 Å². The quantitative estimate of drug-likeness (QED) is 0.141. The van der Waals surface area contributed by atoms with Crippen molar-refractivity contribution in [1.82, 2.24) is 15.6 Å². The number of hydrogen-bond donors (Lipinski definition) is 5. The van der Waals surface area contributed by atoms with E-state index in [4.69, 9.17) is 4.74 Å². The van der Waals surface area contributed by atoms with E-state index < -0.39 is 28.5 Å². The van der Waals surface area contributed by atoms with Crippen LogP contribution >= 0.6 is 0 Å². The van der Waals surface area contributed by atoms with Gasteiger partial charge in [0.05, 0.1) is 11.1 Å². The number of rotatable bonds is 6. The van der Waals surface area contributed by atoms with E-state index >= 15 is 0 Å². The van der Waals surface area contributed by atoms with E-state index in [2.05, 4.69) is 15.6 Å². The lowest BCUT2D eigenvalue weighted by molar-refractivity contribution is -0.123. The lowest BCUT2D eigenvalue weighted by atomic mass is 9.70. The van der Waals surface area contributed by atoms with Gasteiger partial charge in [-0.25, -0.2) is 0 Å². The molecule has 200 valence electrons. The number of aromatic hydroxyl groups is 2. The van der Waals surface area contributed by atoms with Gasteiger partial charge in [-0.05, 0) is 39.8 Å². The molecule has 0 spiro atoms. The van der Waals surface area contributed by atoms with Crippen molar-refractivity contribution in [3.05, 3.63) is 75.8 Å². The summed E-state index contributed by atoms with van der Waals surface area (Å²) in [4.78, 5) is 54.7. The Balaban J connectivity index is 1.37. The van der Waals surface area contributed by atoms with Crippen LogP contribution < -0.4 is 15.4 Å². The third kappa shape index (κ3) is 3.87. The van der Waals surface area contributed by atoms with Crippen molar-refractivity contribution in [3.8, 4) is 17.2 Å². The van der Waals surface area contributed by atoms with E-state index in [1.165, 1.54) is 20.8 Å². The lowest BCUT2D eigenvalue weighted by Crippen LogP contribution is -2.41. The van der Waals surface area contributed by atoms with Crippen molar-refractivity contribution in [3.63, 3.8) is 0 Å². The largest absolute Gasteiger partial charge is 0.507 e. The summed E-state index contributed by atoms with van der Waals surface area (Å²) in [5.74, 6) is -3.02. The van der Waals surface area contributed by atoms with E-state index in [1.54, 1.807) is 13.0 Å². The Kier molecular flexibility index (Phi) is 6.05. The number of ketones is 3. The maximum absolute atomic E-state index is 13.8. The molecule has 2 aliphatic rings. The van der Waals surface area contributed by atoms with Crippen LogP contribution in [0.4, 0.5) is 0 Å². The molecule has 10 heteroatoms. The maximum atomic E-state index is 13.8. The highest BCUT2D eigenvalue weighted by molar-refractivity contribution is 6.31. The second kappa shape index (κ2) is 9.16. The number of carbonyl (C=O) groups excluding carboxylic acids is 4. The number of carbonyl (C=O) groups is 4. The van der Waals surface area contributed by atoms with E-state index in [1.807, 2.05) is 24.3 Å². The van der Waals surface area contributed by atoms with Gasteiger partial charge in [-0.1, -0.05) is 18.2 Å². The van der Waals surface area contributed by atoms with Gasteiger partial charge in [0.25, 0.3) is 5.91 Å². The van der Waals surface area contributed by atoms with Gasteiger partial charge in [0.15, 0.2) is 17.3 Å². The number of nitrogens with one attached hydrogen (secondary N) is 3. The number of hydrogen-bond acceptors (Lipinski definition) is 8. The van der Waals surface area contributed by atoms with Crippen molar-refractivity contribution in [2.24, 2.45) is 0 Å². The molecule has 39 heavy (non-hydrogen) atoms. The lowest BCUT2D eigenvalue weighted by Gasteiger charge is -2.29. The molecule has 3 aromatic rings. The molecule has 2 heterocycles. The molecule has 0 radical (unpaired) electrons. The van der Waals surface area contributed by atoms with E-state index in [0.29, 0.717) is 5.69 Å². The molecule has 0 bridgehead atoms. The summed E-state index contributed by atoms with van der Waals surface area (Å²) in [6, 6.07) is 9.29. The summed E-state index contributed by atoms with van der Waals surface area (Å²) in [6.45, 7) is 6.19. The third-order valence-electron chi connectivity index (χ3n) is 7.34. The fourth-order valence-corrected chi connectivity index (χ4v) is 5.17. The van der Waals surface area contributed by atoms with Crippen LogP contribution in [-0.2, 0) is 15.0 Å². The average molecular weight is 530 g/mol. The smallest absolute Gasteiger partial charge is 0.267 e. The van der Waals surface area contributed by atoms with Crippen LogP contribution in [0.25, 0.3) is 10.9 Å². The van der Waals surface area contributed by atoms with Gasteiger partial charge in [0.2, 0.25) is 0 Å². The Morgan fingerprint density at radius 3 is 2.44 bits per heavy atom. The molecule has 0 saturated carbocycles. The van der Waals surface area contributed by atoms with Crippen LogP contribution in [-0.4, -0.2) is 51.5 Å². The molecule has 0 saturated heterocycles.